The van der Waals surface area contributed by atoms with Crippen molar-refractivity contribution in [2.45, 2.75) is 6.54 Å². The van der Waals surface area contributed by atoms with Gasteiger partial charge in [-0.05, 0) is 17.7 Å². The fourth-order valence-electron chi connectivity index (χ4n) is 2.08. The Morgan fingerprint density at radius 1 is 1.05 bits per heavy atom. The standard InChI is InChI=1S/C17H16N2O2/c1-20-15-9-5-6-13(10-15)12-18-17-11-16(19-21-17)14-7-3-2-4-8-14/h2-11,18H,12H2,1H3. The molecule has 0 fully saturated rings. The number of benzene rings is 2. The Bertz CT molecular complexity index is 708. The first-order chi connectivity index (χ1) is 10.3. The maximum atomic E-state index is 5.30. The van der Waals surface area contributed by atoms with Crippen molar-refractivity contribution in [1.82, 2.24) is 5.16 Å². The summed E-state index contributed by atoms with van der Waals surface area (Å²) < 4.78 is 10.5. The van der Waals surface area contributed by atoms with E-state index in [-0.39, 0.29) is 0 Å². The van der Waals surface area contributed by atoms with E-state index in [1.54, 1.807) is 7.11 Å². The highest BCUT2D eigenvalue weighted by atomic mass is 16.5. The molecular formula is C17H16N2O2. The molecule has 0 unspecified atom stereocenters. The largest absolute Gasteiger partial charge is 0.497 e. The molecule has 106 valence electrons. The van der Waals surface area contributed by atoms with Gasteiger partial charge < -0.3 is 14.6 Å². The number of nitrogens with one attached hydrogen (secondary N) is 1. The number of hydrogen-bond acceptors (Lipinski definition) is 4. The van der Waals surface area contributed by atoms with E-state index in [4.69, 9.17) is 9.26 Å². The smallest absolute Gasteiger partial charge is 0.225 e. The first-order valence-electron chi connectivity index (χ1n) is 6.74. The molecule has 0 atom stereocenters. The molecule has 0 bridgehead atoms. The van der Waals surface area contributed by atoms with Crippen LogP contribution in [0.4, 0.5) is 5.88 Å². The second-order valence-electron chi connectivity index (χ2n) is 4.65. The van der Waals surface area contributed by atoms with Crippen molar-refractivity contribution in [3.8, 4) is 17.0 Å². The minimum atomic E-state index is 0.650. The zero-order chi connectivity index (χ0) is 14.5. The van der Waals surface area contributed by atoms with E-state index in [1.165, 1.54) is 0 Å². The van der Waals surface area contributed by atoms with E-state index in [0.29, 0.717) is 12.4 Å². The van der Waals surface area contributed by atoms with Gasteiger partial charge in [0, 0.05) is 18.2 Å². The molecule has 3 rings (SSSR count). The molecule has 0 aliphatic rings. The van der Waals surface area contributed by atoms with E-state index < -0.39 is 0 Å². The van der Waals surface area contributed by atoms with Crippen LogP contribution >= 0.6 is 0 Å². The molecule has 0 aliphatic heterocycles. The molecule has 0 aliphatic carbocycles. The van der Waals surface area contributed by atoms with Crippen molar-refractivity contribution in [2.75, 3.05) is 12.4 Å². The van der Waals surface area contributed by atoms with Crippen LogP contribution in [-0.4, -0.2) is 12.3 Å². The Morgan fingerprint density at radius 3 is 2.71 bits per heavy atom. The molecule has 0 amide bonds. The van der Waals surface area contributed by atoms with E-state index in [1.807, 2.05) is 60.7 Å². The predicted molar refractivity (Wildman–Crippen MR) is 82.3 cm³/mol. The predicted octanol–water partition coefficient (Wildman–Crippen LogP) is 3.96. The second kappa shape index (κ2) is 6.13. The van der Waals surface area contributed by atoms with Gasteiger partial charge in [0.1, 0.15) is 11.4 Å². The van der Waals surface area contributed by atoms with Crippen LogP contribution in [0.25, 0.3) is 11.3 Å². The number of anilines is 1. The van der Waals surface area contributed by atoms with Gasteiger partial charge in [-0.2, -0.15) is 0 Å². The summed E-state index contributed by atoms with van der Waals surface area (Å²) in [4.78, 5) is 0. The maximum Gasteiger partial charge on any atom is 0.225 e. The van der Waals surface area contributed by atoms with Crippen LogP contribution in [0.15, 0.2) is 65.2 Å². The lowest BCUT2D eigenvalue weighted by molar-refractivity contribution is 0.414. The summed E-state index contributed by atoms with van der Waals surface area (Å²) in [5.74, 6) is 1.49. The van der Waals surface area contributed by atoms with Crippen molar-refractivity contribution in [2.24, 2.45) is 0 Å². The molecule has 1 N–H and O–H groups in total. The lowest BCUT2D eigenvalue weighted by atomic mass is 10.1. The summed E-state index contributed by atoms with van der Waals surface area (Å²) in [7, 11) is 1.66. The van der Waals surface area contributed by atoms with Crippen LogP contribution in [0.2, 0.25) is 0 Å². The molecule has 0 saturated heterocycles. The number of rotatable bonds is 5. The Kier molecular flexibility index (Phi) is 3.87. The van der Waals surface area contributed by atoms with Gasteiger partial charge in [-0.3, -0.25) is 0 Å². The molecule has 3 aromatic rings. The Labute approximate surface area is 123 Å². The molecule has 2 aromatic carbocycles. The molecule has 4 nitrogen and oxygen atoms in total. The van der Waals surface area contributed by atoms with Crippen LogP contribution in [0.5, 0.6) is 5.75 Å². The lowest BCUT2D eigenvalue weighted by Crippen LogP contribution is -1.98. The quantitative estimate of drug-likeness (QED) is 0.768. The SMILES string of the molecule is COc1cccc(CNc2cc(-c3ccccc3)no2)c1. The summed E-state index contributed by atoms with van der Waals surface area (Å²) >= 11 is 0. The minimum Gasteiger partial charge on any atom is -0.497 e. The molecule has 0 saturated carbocycles. The Hall–Kier alpha value is -2.75. The van der Waals surface area contributed by atoms with Gasteiger partial charge in [0.05, 0.1) is 7.11 Å². The van der Waals surface area contributed by atoms with E-state index in [9.17, 15) is 0 Å². The van der Waals surface area contributed by atoms with Crippen LogP contribution < -0.4 is 10.1 Å². The minimum absolute atomic E-state index is 0.650. The fourth-order valence-corrected chi connectivity index (χ4v) is 2.08. The summed E-state index contributed by atoms with van der Waals surface area (Å²) in [5.41, 5.74) is 2.98. The second-order valence-corrected chi connectivity index (χ2v) is 4.65. The molecular weight excluding hydrogens is 264 g/mol. The van der Waals surface area contributed by atoms with Gasteiger partial charge in [0.2, 0.25) is 5.88 Å². The third kappa shape index (κ3) is 3.23. The summed E-state index contributed by atoms with van der Waals surface area (Å²) in [6, 6.07) is 19.7. The zero-order valence-corrected chi connectivity index (χ0v) is 11.7. The number of methoxy groups -OCH3 is 1. The number of nitrogens with zero attached hydrogens (tertiary/aromatic N) is 1. The molecule has 4 heteroatoms. The lowest BCUT2D eigenvalue weighted by Gasteiger charge is -2.04. The van der Waals surface area contributed by atoms with Crippen molar-refractivity contribution in [1.29, 1.82) is 0 Å². The fraction of sp³-hybridized carbons (Fsp3) is 0.118. The summed E-state index contributed by atoms with van der Waals surface area (Å²) in [6.07, 6.45) is 0. The topological polar surface area (TPSA) is 47.3 Å². The van der Waals surface area contributed by atoms with Gasteiger partial charge in [-0.25, -0.2) is 0 Å². The van der Waals surface area contributed by atoms with E-state index >= 15 is 0 Å². The highest BCUT2D eigenvalue weighted by Gasteiger charge is 2.05. The highest BCUT2D eigenvalue weighted by molar-refractivity contribution is 5.61. The Morgan fingerprint density at radius 2 is 1.90 bits per heavy atom. The van der Waals surface area contributed by atoms with Gasteiger partial charge in [0.25, 0.3) is 0 Å². The average molecular weight is 280 g/mol. The normalized spacial score (nSPS) is 10.3. The first-order valence-corrected chi connectivity index (χ1v) is 6.74. The van der Waals surface area contributed by atoms with Crippen molar-refractivity contribution < 1.29 is 9.26 Å². The molecule has 0 radical (unpaired) electrons. The third-order valence-electron chi connectivity index (χ3n) is 3.18. The van der Waals surface area contributed by atoms with E-state index in [2.05, 4.69) is 10.5 Å². The number of hydrogen-bond donors (Lipinski definition) is 1. The number of aromatic nitrogens is 1. The van der Waals surface area contributed by atoms with E-state index in [0.717, 1.165) is 22.6 Å². The van der Waals surface area contributed by atoms with Crippen LogP contribution in [0.3, 0.4) is 0 Å². The molecule has 21 heavy (non-hydrogen) atoms. The summed E-state index contributed by atoms with van der Waals surface area (Å²) in [5, 5.41) is 7.29. The first kappa shape index (κ1) is 13.2. The Balaban J connectivity index is 1.67. The number of ether oxygens (including phenoxy) is 1. The maximum absolute atomic E-state index is 5.30. The van der Waals surface area contributed by atoms with Crippen LogP contribution in [0.1, 0.15) is 5.56 Å². The monoisotopic (exact) mass is 280 g/mol. The van der Waals surface area contributed by atoms with Crippen molar-refractivity contribution in [3.63, 3.8) is 0 Å². The highest BCUT2D eigenvalue weighted by Crippen LogP contribution is 2.22. The summed E-state index contributed by atoms with van der Waals surface area (Å²) in [6.45, 7) is 0.653. The molecule has 0 spiro atoms. The molecule has 1 heterocycles. The van der Waals surface area contributed by atoms with Crippen LogP contribution in [-0.2, 0) is 6.54 Å². The molecule has 1 aromatic heterocycles. The van der Waals surface area contributed by atoms with Gasteiger partial charge in [0.15, 0.2) is 0 Å². The van der Waals surface area contributed by atoms with Gasteiger partial charge in [-0.15, -0.1) is 0 Å². The van der Waals surface area contributed by atoms with Crippen LogP contribution in [0, 0.1) is 0 Å². The third-order valence-corrected chi connectivity index (χ3v) is 3.18. The van der Waals surface area contributed by atoms with Gasteiger partial charge in [-0.1, -0.05) is 47.6 Å². The zero-order valence-electron chi connectivity index (χ0n) is 11.7. The van der Waals surface area contributed by atoms with Gasteiger partial charge >= 0.3 is 0 Å². The van der Waals surface area contributed by atoms with Crippen molar-refractivity contribution >= 4 is 5.88 Å². The average Bonchev–Trinajstić information content (AvgIpc) is 3.03. The van der Waals surface area contributed by atoms with Crippen molar-refractivity contribution in [3.05, 3.63) is 66.2 Å².